The first-order valence-electron chi connectivity index (χ1n) is 9.81. The highest BCUT2D eigenvalue weighted by Crippen LogP contribution is 2.26. The summed E-state index contributed by atoms with van der Waals surface area (Å²) >= 11 is 6.00. The molecule has 5 nitrogen and oxygen atoms in total. The Bertz CT molecular complexity index is 812. The molecule has 2 aromatic rings. The van der Waals surface area contributed by atoms with Crippen molar-refractivity contribution in [1.29, 1.82) is 0 Å². The number of nitrogens with zero attached hydrogens (tertiary/aromatic N) is 1. The van der Waals surface area contributed by atoms with E-state index in [0.717, 1.165) is 37.5 Å². The van der Waals surface area contributed by atoms with Crippen LogP contribution in [0.15, 0.2) is 48.5 Å². The Hall–Kier alpha value is -2.08. The van der Waals surface area contributed by atoms with Gasteiger partial charge in [0.2, 0.25) is 0 Å². The average molecular weight is 401 g/mol. The number of amides is 1. The lowest BCUT2D eigenvalue weighted by molar-refractivity contribution is -0.000373. The van der Waals surface area contributed by atoms with Gasteiger partial charge in [0.15, 0.2) is 0 Å². The van der Waals surface area contributed by atoms with E-state index in [4.69, 9.17) is 21.1 Å². The quantitative estimate of drug-likeness (QED) is 0.838. The smallest absolute Gasteiger partial charge is 0.255 e. The molecule has 0 spiro atoms. The number of ether oxygens (including phenoxy) is 2. The van der Waals surface area contributed by atoms with E-state index < -0.39 is 0 Å². The van der Waals surface area contributed by atoms with Crippen LogP contribution in [-0.4, -0.2) is 49.3 Å². The standard InChI is InChI=1S/C22H25ClN2O3/c23-17-9-7-16(8-10-17)13-25-14-20-21(15-25)28-19-6-2-1-5-18(19)22(26)24-11-3-4-12-27-20/h1-2,5-10,20-21H,3-4,11-15H2,(H,24,26)/t20-,21+/m0/s1. The molecule has 2 heterocycles. The van der Waals surface area contributed by atoms with Crippen LogP contribution < -0.4 is 10.1 Å². The van der Waals surface area contributed by atoms with Crippen LogP contribution in [0.25, 0.3) is 0 Å². The van der Waals surface area contributed by atoms with E-state index in [0.29, 0.717) is 24.5 Å². The molecule has 2 aliphatic rings. The molecule has 2 aromatic carbocycles. The molecule has 1 amide bonds. The lowest BCUT2D eigenvalue weighted by Gasteiger charge is -2.23. The van der Waals surface area contributed by atoms with Crippen LogP contribution in [0.3, 0.4) is 0 Å². The van der Waals surface area contributed by atoms with Crippen molar-refractivity contribution < 1.29 is 14.3 Å². The van der Waals surface area contributed by atoms with Gasteiger partial charge in [-0.2, -0.15) is 0 Å². The Kier molecular flexibility index (Phi) is 6.15. The fourth-order valence-corrected chi connectivity index (χ4v) is 3.87. The van der Waals surface area contributed by atoms with Gasteiger partial charge in [0.05, 0.1) is 5.56 Å². The summed E-state index contributed by atoms with van der Waals surface area (Å²) in [5.41, 5.74) is 1.79. The molecule has 2 aliphatic heterocycles. The number of para-hydroxylation sites is 1. The Morgan fingerprint density at radius 2 is 1.82 bits per heavy atom. The van der Waals surface area contributed by atoms with Gasteiger partial charge >= 0.3 is 0 Å². The highest BCUT2D eigenvalue weighted by Gasteiger charge is 2.36. The third-order valence-corrected chi connectivity index (χ3v) is 5.46. The second-order valence-corrected chi connectivity index (χ2v) is 7.78. The highest BCUT2D eigenvalue weighted by molar-refractivity contribution is 6.30. The summed E-state index contributed by atoms with van der Waals surface area (Å²) in [6, 6.07) is 15.4. The van der Waals surface area contributed by atoms with Crippen LogP contribution >= 0.6 is 11.6 Å². The first-order valence-corrected chi connectivity index (χ1v) is 10.2. The normalized spacial score (nSPS) is 23.5. The van der Waals surface area contributed by atoms with E-state index in [-0.39, 0.29) is 18.1 Å². The van der Waals surface area contributed by atoms with Crippen molar-refractivity contribution in [2.24, 2.45) is 0 Å². The van der Waals surface area contributed by atoms with E-state index in [1.54, 1.807) is 0 Å². The summed E-state index contributed by atoms with van der Waals surface area (Å²) in [5, 5.41) is 3.71. The predicted octanol–water partition coefficient (Wildman–Crippen LogP) is 3.51. The molecular weight excluding hydrogens is 376 g/mol. The van der Waals surface area contributed by atoms with Crippen molar-refractivity contribution in [2.75, 3.05) is 26.2 Å². The molecule has 1 N–H and O–H groups in total. The van der Waals surface area contributed by atoms with E-state index in [1.165, 1.54) is 5.56 Å². The Labute approximate surface area is 170 Å². The van der Waals surface area contributed by atoms with Crippen molar-refractivity contribution in [2.45, 2.75) is 31.6 Å². The van der Waals surface area contributed by atoms with Crippen LogP contribution in [0.5, 0.6) is 5.75 Å². The summed E-state index contributed by atoms with van der Waals surface area (Å²) < 4.78 is 12.5. The van der Waals surface area contributed by atoms with Gasteiger partial charge in [-0.3, -0.25) is 9.69 Å². The van der Waals surface area contributed by atoms with Crippen LogP contribution in [0, 0.1) is 0 Å². The topological polar surface area (TPSA) is 50.8 Å². The molecule has 148 valence electrons. The van der Waals surface area contributed by atoms with Crippen LogP contribution in [0.2, 0.25) is 5.02 Å². The molecule has 6 heteroatoms. The van der Waals surface area contributed by atoms with Crippen molar-refractivity contribution >= 4 is 17.5 Å². The number of nitrogens with one attached hydrogen (secondary N) is 1. The Morgan fingerprint density at radius 3 is 2.68 bits per heavy atom. The lowest BCUT2D eigenvalue weighted by Crippen LogP contribution is -2.34. The molecule has 4 rings (SSSR count). The summed E-state index contributed by atoms with van der Waals surface area (Å²) in [4.78, 5) is 14.8. The number of halogens is 1. The maximum Gasteiger partial charge on any atom is 0.255 e. The van der Waals surface area contributed by atoms with Gasteiger partial charge in [-0.1, -0.05) is 35.9 Å². The third kappa shape index (κ3) is 4.66. The van der Waals surface area contributed by atoms with Crippen molar-refractivity contribution in [3.05, 3.63) is 64.7 Å². The number of carbonyl (C=O) groups excluding carboxylic acids is 1. The molecule has 1 saturated heterocycles. The van der Waals surface area contributed by atoms with Crippen LogP contribution in [0.4, 0.5) is 0 Å². The van der Waals surface area contributed by atoms with Gasteiger partial charge in [-0.05, 0) is 42.7 Å². The molecule has 0 bridgehead atoms. The minimum absolute atomic E-state index is 0.0113. The molecule has 0 aliphatic carbocycles. The SMILES string of the molecule is O=C1NCCCCO[C@H]2CN(Cc3ccc(Cl)cc3)C[C@H]2Oc2ccccc21. The molecule has 0 aromatic heterocycles. The largest absolute Gasteiger partial charge is 0.485 e. The molecule has 1 fully saturated rings. The molecule has 0 radical (unpaired) electrons. The van der Waals surface area contributed by atoms with E-state index in [1.807, 2.05) is 36.4 Å². The van der Waals surface area contributed by atoms with Crippen LogP contribution in [-0.2, 0) is 11.3 Å². The first-order chi connectivity index (χ1) is 13.7. The van der Waals surface area contributed by atoms with Crippen LogP contribution in [0.1, 0.15) is 28.8 Å². The zero-order valence-electron chi connectivity index (χ0n) is 15.8. The maximum atomic E-state index is 12.5. The molecule has 2 atom stereocenters. The summed E-state index contributed by atoms with van der Waals surface area (Å²) in [6.07, 6.45) is 1.70. The highest BCUT2D eigenvalue weighted by atomic mass is 35.5. The molecule has 0 unspecified atom stereocenters. The summed E-state index contributed by atoms with van der Waals surface area (Å²) in [5.74, 6) is 0.539. The van der Waals surface area contributed by atoms with Crippen molar-refractivity contribution in [3.63, 3.8) is 0 Å². The minimum atomic E-state index is -0.110. The zero-order chi connectivity index (χ0) is 19.3. The van der Waals surface area contributed by atoms with E-state index in [9.17, 15) is 4.79 Å². The predicted molar refractivity (Wildman–Crippen MR) is 109 cm³/mol. The molecular formula is C22H25ClN2O3. The Balaban J connectivity index is 1.52. The minimum Gasteiger partial charge on any atom is -0.485 e. The number of hydrogen-bond donors (Lipinski definition) is 1. The fraction of sp³-hybridized carbons (Fsp3) is 0.409. The van der Waals surface area contributed by atoms with Gasteiger partial charge in [-0.15, -0.1) is 0 Å². The number of likely N-dealkylation sites (tertiary alicyclic amines) is 1. The first kappa shape index (κ1) is 19.2. The number of fused-ring (bicyclic) bond motifs is 2. The van der Waals surface area contributed by atoms with Gasteiger partial charge < -0.3 is 14.8 Å². The summed E-state index contributed by atoms with van der Waals surface area (Å²) in [7, 11) is 0. The molecule has 0 saturated carbocycles. The Morgan fingerprint density at radius 1 is 1.04 bits per heavy atom. The van der Waals surface area contributed by atoms with E-state index >= 15 is 0 Å². The number of benzene rings is 2. The van der Waals surface area contributed by atoms with Crippen molar-refractivity contribution in [3.8, 4) is 5.75 Å². The number of hydrogen-bond acceptors (Lipinski definition) is 4. The van der Waals surface area contributed by atoms with Gasteiger partial charge in [0.1, 0.15) is 18.0 Å². The fourth-order valence-electron chi connectivity index (χ4n) is 3.75. The van der Waals surface area contributed by atoms with E-state index in [2.05, 4.69) is 22.3 Å². The molecule has 28 heavy (non-hydrogen) atoms. The monoisotopic (exact) mass is 400 g/mol. The van der Waals surface area contributed by atoms with Gasteiger partial charge in [-0.25, -0.2) is 0 Å². The second kappa shape index (κ2) is 8.95. The van der Waals surface area contributed by atoms with Gasteiger partial charge in [0.25, 0.3) is 5.91 Å². The summed E-state index contributed by atoms with van der Waals surface area (Å²) in [6.45, 7) is 3.70. The van der Waals surface area contributed by atoms with Gasteiger partial charge in [0, 0.05) is 37.8 Å². The number of rotatable bonds is 2. The lowest BCUT2D eigenvalue weighted by atomic mass is 10.1. The zero-order valence-corrected chi connectivity index (χ0v) is 16.5. The maximum absolute atomic E-state index is 12.5. The average Bonchev–Trinajstić information content (AvgIpc) is 3.06. The second-order valence-electron chi connectivity index (χ2n) is 7.35. The number of carbonyl (C=O) groups is 1. The third-order valence-electron chi connectivity index (χ3n) is 5.21. The van der Waals surface area contributed by atoms with Crippen molar-refractivity contribution in [1.82, 2.24) is 10.2 Å².